The number of Topliss-reactive ketones (excluding diaryl/α,β-unsaturated/α-hetero) is 1. The first-order valence-electron chi connectivity index (χ1n) is 8.61. The summed E-state index contributed by atoms with van der Waals surface area (Å²) in [4.78, 5) is 25.6. The number of amides is 1. The van der Waals surface area contributed by atoms with E-state index in [-0.39, 0.29) is 37.4 Å². The summed E-state index contributed by atoms with van der Waals surface area (Å²) in [6.45, 7) is 2.33. The highest BCUT2D eigenvalue weighted by Crippen LogP contribution is 2.40. The number of piperidine rings is 1. The van der Waals surface area contributed by atoms with Gasteiger partial charge < -0.3 is 15.2 Å². The minimum Gasteiger partial charge on any atom is -0.360 e. The highest BCUT2D eigenvalue weighted by atomic mass is 19.1. The van der Waals surface area contributed by atoms with Crippen molar-refractivity contribution in [3.63, 3.8) is 0 Å². The van der Waals surface area contributed by atoms with E-state index in [1.807, 2.05) is 0 Å². The number of hydrogen-bond donors (Lipinski definition) is 1. The van der Waals surface area contributed by atoms with Crippen molar-refractivity contribution in [3.8, 4) is 0 Å². The van der Waals surface area contributed by atoms with Crippen LogP contribution >= 0.6 is 0 Å². The molecule has 1 amide bonds. The van der Waals surface area contributed by atoms with E-state index >= 15 is 0 Å². The van der Waals surface area contributed by atoms with Crippen molar-refractivity contribution in [3.05, 3.63) is 17.5 Å². The summed E-state index contributed by atoms with van der Waals surface area (Å²) < 4.78 is 20.0. The first kappa shape index (κ1) is 17.1. The molecule has 1 aromatic heterocycles. The number of likely N-dealkylation sites (tertiary alicyclic amines) is 1. The third-order valence-electron chi connectivity index (χ3n) is 4.95. The van der Waals surface area contributed by atoms with Crippen LogP contribution in [0.15, 0.2) is 10.6 Å². The Hall–Kier alpha value is -1.76. The van der Waals surface area contributed by atoms with E-state index < -0.39 is 11.7 Å². The van der Waals surface area contributed by atoms with Crippen molar-refractivity contribution in [2.75, 3.05) is 13.1 Å². The molecular weight excluding hydrogens is 313 g/mol. The summed E-state index contributed by atoms with van der Waals surface area (Å²) >= 11 is 0. The summed E-state index contributed by atoms with van der Waals surface area (Å²) in [5, 5.41) is 3.80. The van der Waals surface area contributed by atoms with Gasteiger partial charge in [0.15, 0.2) is 5.78 Å². The van der Waals surface area contributed by atoms with Crippen molar-refractivity contribution in [2.45, 2.75) is 63.1 Å². The zero-order valence-electron chi connectivity index (χ0n) is 14.0. The van der Waals surface area contributed by atoms with Gasteiger partial charge in [-0.15, -0.1) is 0 Å². The Bertz CT molecular complexity index is 616. The zero-order valence-corrected chi connectivity index (χ0v) is 14.0. The van der Waals surface area contributed by atoms with Crippen molar-refractivity contribution < 1.29 is 18.5 Å². The molecule has 3 rings (SSSR count). The molecule has 0 aromatic carbocycles. The van der Waals surface area contributed by atoms with E-state index in [1.54, 1.807) is 17.9 Å². The molecule has 2 heterocycles. The smallest absolute Gasteiger partial charge is 0.239 e. The van der Waals surface area contributed by atoms with Gasteiger partial charge in [-0.2, -0.15) is 0 Å². The molecule has 2 N–H and O–H groups in total. The predicted molar refractivity (Wildman–Crippen MR) is 85.3 cm³/mol. The van der Waals surface area contributed by atoms with Gasteiger partial charge in [-0.3, -0.25) is 9.59 Å². The van der Waals surface area contributed by atoms with Crippen LogP contribution in [0.25, 0.3) is 0 Å². The lowest BCUT2D eigenvalue weighted by Gasteiger charge is -2.37. The summed E-state index contributed by atoms with van der Waals surface area (Å²) in [6, 6.07) is 1.13. The van der Waals surface area contributed by atoms with E-state index in [2.05, 4.69) is 5.16 Å². The molecule has 0 bridgehead atoms. The third kappa shape index (κ3) is 3.83. The molecule has 24 heavy (non-hydrogen) atoms. The van der Waals surface area contributed by atoms with Gasteiger partial charge in [-0.05, 0) is 39.0 Å². The van der Waals surface area contributed by atoms with Crippen LogP contribution in [0.2, 0.25) is 0 Å². The Kier molecular flexibility index (Phi) is 4.71. The number of aromatic nitrogens is 1. The molecule has 2 fully saturated rings. The number of rotatable bonds is 6. The van der Waals surface area contributed by atoms with E-state index in [0.29, 0.717) is 24.7 Å². The number of carbonyl (C=O) groups is 2. The van der Waals surface area contributed by atoms with Gasteiger partial charge in [0, 0.05) is 31.5 Å². The quantitative estimate of drug-likeness (QED) is 0.804. The second kappa shape index (κ2) is 6.63. The van der Waals surface area contributed by atoms with Crippen LogP contribution in [0, 0.1) is 0 Å². The highest BCUT2D eigenvalue weighted by Gasteiger charge is 2.37. The standard InChI is InChI=1S/C17H24FN3O3/c1-11(19)16(23)21-8-6-17(18,7-9-21)5-4-14(22)13-10-15(24-20-13)12-2-3-12/h10-12H,2-9,19H2,1H3/t11-/m0/s1. The predicted octanol–water partition coefficient (Wildman–Crippen LogP) is 2.19. The van der Waals surface area contributed by atoms with Crippen LogP contribution in [0.1, 0.15) is 67.6 Å². The Morgan fingerprint density at radius 1 is 1.46 bits per heavy atom. The fourth-order valence-electron chi connectivity index (χ4n) is 3.11. The second-order valence-corrected chi connectivity index (χ2v) is 7.08. The van der Waals surface area contributed by atoms with Crippen molar-refractivity contribution >= 4 is 11.7 Å². The largest absolute Gasteiger partial charge is 0.360 e. The lowest BCUT2D eigenvalue weighted by atomic mass is 9.87. The van der Waals surface area contributed by atoms with Gasteiger partial charge >= 0.3 is 0 Å². The van der Waals surface area contributed by atoms with Gasteiger partial charge in [0.1, 0.15) is 17.1 Å². The lowest BCUT2D eigenvalue weighted by molar-refractivity contribution is -0.134. The van der Waals surface area contributed by atoms with E-state index in [0.717, 1.165) is 18.6 Å². The molecule has 1 aliphatic heterocycles. The normalized spacial score (nSPS) is 21.5. The van der Waals surface area contributed by atoms with Crippen molar-refractivity contribution in [2.24, 2.45) is 5.73 Å². The zero-order chi connectivity index (χ0) is 17.3. The minimum atomic E-state index is -1.41. The topological polar surface area (TPSA) is 89.4 Å². The number of alkyl halides is 1. The van der Waals surface area contributed by atoms with Crippen LogP contribution in [0.4, 0.5) is 4.39 Å². The van der Waals surface area contributed by atoms with Gasteiger partial charge in [-0.25, -0.2) is 4.39 Å². The van der Waals surface area contributed by atoms with Crippen LogP contribution in [0.5, 0.6) is 0 Å². The van der Waals surface area contributed by atoms with E-state index in [4.69, 9.17) is 10.3 Å². The Balaban J connectivity index is 1.48. The van der Waals surface area contributed by atoms with Crippen LogP contribution in [0.3, 0.4) is 0 Å². The average molecular weight is 337 g/mol. The van der Waals surface area contributed by atoms with Crippen LogP contribution in [-0.4, -0.2) is 46.5 Å². The average Bonchev–Trinajstić information content (AvgIpc) is 3.30. The summed E-state index contributed by atoms with van der Waals surface area (Å²) in [5.41, 5.74) is 4.47. The number of ketones is 1. The fourth-order valence-corrected chi connectivity index (χ4v) is 3.11. The maximum Gasteiger partial charge on any atom is 0.239 e. The number of halogens is 1. The molecule has 1 saturated heterocycles. The minimum absolute atomic E-state index is 0.106. The molecule has 132 valence electrons. The molecule has 0 radical (unpaired) electrons. The van der Waals surface area contributed by atoms with Gasteiger partial charge in [-0.1, -0.05) is 5.16 Å². The Labute approximate surface area is 140 Å². The monoisotopic (exact) mass is 337 g/mol. The van der Waals surface area contributed by atoms with Crippen molar-refractivity contribution in [1.82, 2.24) is 10.1 Å². The van der Waals surface area contributed by atoms with Gasteiger partial charge in [0.25, 0.3) is 0 Å². The summed E-state index contributed by atoms with van der Waals surface area (Å²) in [7, 11) is 0. The molecule has 2 aliphatic rings. The van der Waals surface area contributed by atoms with Gasteiger partial charge in [0.2, 0.25) is 5.91 Å². The molecule has 1 aromatic rings. The van der Waals surface area contributed by atoms with E-state index in [1.165, 1.54) is 0 Å². The molecule has 0 spiro atoms. The van der Waals surface area contributed by atoms with Crippen LogP contribution in [-0.2, 0) is 4.79 Å². The first-order chi connectivity index (χ1) is 11.4. The SMILES string of the molecule is C[C@H](N)C(=O)N1CCC(F)(CCC(=O)c2cc(C3CC3)on2)CC1. The molecule has 6 nitrogen and oxygen atoms in total. The highest BCUT2D eigenvalue weighted by molar-refractivity contribution is 5.94. The number of carbonyl (C=O) groups excluding carboxylic acids is 2. The Morgan fingerprint density at radius 2 is 2.12 bits per heavy atom. The molecule has 1 atom stereocenters. The van der Waals surface area contributed by atoms with Gasteiger partial charge in [0.05, 0.1) is 6.04 Å². The maximum atomic E-state index is 14.9. The molecular formula is C17H24FN3O3. The van der Waals surface area contributed by atoms with Crippen LogP contribution < -0.4 is 5.73 Å². The Morgan fingerprint density at radius 3 is 2.71 bits per heavy atom. The number of nitrogens with two attached hydrogens (primary N) is 1. The second-order valence-electron chi connectivity index (χ2n) is 7.08. The number of nitrogens with zero attached hydrogens (tertiary/aromatic N) is 2. The molecule has 1 saturated carbocycles. The molecule has 1 aliphatic carbocycles. The fraction of sp³-hybridized carbons (Fsp3) is 0.706. The molecule has 7 heteroatoms. The number of hydrogen-bond acceptors (Lipinski definition) is 5. The molecule has 0 unspecified atom stereocenters. The van der Waals surface area contributed by atoms with E-state index in [9.17, 15) is 14.0 Å². The third-order valence-corrected chi connectivity index (χ3v) is 4.95. The lowest BCUT2D eigenvalue weighted by Crippen LogP contribution is -2.49. The summed E-state index contributed by atoms with van der Waals surface area (Å²) in [5.74, 6) is 0.828. The maximum absolute atomic E-state index is 14.9. The first-order valence-corrected chi connectivity index (χ1v) is 8.61. The van der Waals surface area contributed by atoms with Crippen molar-refractivity contribution in [1.29, 1.82) is 0 Å². The summed E-state index contributed by atoms with van der Waals surface area (Å²) in [6.07, 6.45) is 2.89.